The zero-order valence-electron chi connectivity index (χ0n) is 7.40. The molecule has 2 N–H and O–H groups in total. The van der Waals surface area contributed by atoms with E-state index in [1.165, 1.54) is 11.5 Å². The SMILES string of the molecule is CC(CN)CN(C)c1ncns1. The zero-order chi connectivity index (χ0) is 8.97. The van der Waals surface area contributed by atoms with Crippen molar-refractivity contribution in [3.05, 3.63) is 6.33 Å². The predicted molar refractivity (Wildman–Crippen MR) is 51.4 cm³/mol. The van der Waals surface area contributed by atoms with Gasteiger partial charge in [-0.1, -0.05) is 6.92 Å². The van der Waals surface area contributed by atoms with Gasteiger partial charge in [-0.25, -0.2) is 4.98 Å². The molecule has 0 saturated heterocycles. The number of hydrogen-bond acceptors (Lipinski definition) is 5. The van der Waals surface area contributed by atoms with Gasteiger partial charge in [0.25, 0.3) is 0 Å². The third kappa shape index (κ3) is 2.42. The average Bonchev–Trinajstić information content (AvgIpc) is 2.56. The summed E-state index contributed by atoms with van der Waals surface area (Å²) in [5.41, 5.74) is 5.51. The van der Waals surface area contributed by atoms with Gasteiger partial charge in [-0.15, -0.1) is 0 Å². The van der Waals surface area contributed by atoms with E-state index in [1.54, 1.807) is 6.33 Å². The summed E-state index contributed by atoms with van der Waals surface area (Å²) < 4.78 is 3.93. The monoisotopic (exact) mass is 186 g/mol. The largest absolute Gasteiger partial charge is 0.350 e. The van der Waals surface area contributed by atoms with Crippen LogP contribution in [0.1, 0.15) is 6.92 Å². The van der Waals surface area contributed by atoms with Crippen LogP contribution >= 0.6 is 11.5 Å². The van der Waals surface area contributed by atoms with Crippen LogP contribution in [0.15, 0.2) is 6.33 Å². The molecule has 1 unspecified atom stereocenters. The van der Waals surface area contributed by atoms with E-state index in [9.17, 15) is 0 Å². The van der Waals surface area contributed by atoms with Crippen molar-refractivity contribution in [3.8, 4) is 0 Å². The number of nitrogens with zero attached hydrogens (tertiary/aromatic N) is 3. The molecule has 68 valence electrons. The molecule has 1 rings (SSSR count). The molecule has 0 radical (unpaired) electrons. The number of aromatic nitrogens is 2. The molecule has 1 aromatic heterocycles. The van der Waals surface area contributed by atoms with Crippen LogP contribution in [-0.4, -0.2) is 29.5 Å². The molecule has 4 nitrogen and oxygen atoms in total. The minimum atomic E-state index is 0.499. The van der Waals surface area contributed by atoms with E-state index in [4.69, 9.17) is 5.73 Å². The topological polar surface area (TPSA) is 55.0 Å². The second-order valence-corrected chi connectivity index (χ2v) is 3.70. The lowest BCUT2D eigenvalue weighted by Crippen LogP contribution is -2.27. The molecule has 0 aliphatic rings. The molecule has 1 atom stereocenters. The van der Waals surface area contributed by atoms with Gasteiger partial charge in [0.15, 0.2) is 0 Å². The van der Waals surface area contributed by atoms with E-state index in [1.807, 2.05) is 7.05 Å². The lowest BCUT2D eigenvalue weighted by molar-refractivity contribution is 0.589. The Morgan fingerprint density at radius 1 is 1.75 bits per heavy atom. The number of nitrogens with two attached hydrogens (primary N) is 1. The lowest BCUT2D eigenvalue weighted by Gasteiger charge is -2.18. The summed E-state index contributed by atoms with van der Waals surface area (Å²) in [6, 6.07) is 0. The first-order valence-electron chi connectivity index (χ1n) is 3.92. The van der Waals surface area contributed by atoms with E-state index in [-0.39, 0.29) is 0 Å². The molecule has 1 aromatic rings. The highest BCUT2D eigenvalue weighted by molar-refractivity contribution is 7.09. The lowest BCUT2D eigenvalue weighted by atomic mass is 10.2. The van der Waals surface area contributed by atoms with Crippen molar-refractivity contribution >= 4 is 16.7 Å². The van der Waals surface area contributed by atoms with Crippen molar-refractivity contribution in [1.29, 1.82) is 0 Å². The normalized spacial score (nSPS) is 12.9. The summed E-state index contributed by atoms with van der Waals surface area (Å²) in [4.78, 5) is 6.17. The molecular weight excluding hydrogens is 172 g/mol. The molecule has 1 heterocycles. The molecule has 0 aliphatic carbocycles. The molecule has 0 aromatic carbocycles. The highest BCUT2D eigenvalue weighted by Gasteiger charge is 2.07. The summed E-state index contributed by atoms with van der Waals surface area (Å²) in [7, 11) is 2.01. The van der Waals surface area contributed by atoms with Crippen molar-refractivity contribution in [1.82, 2.24) is 9.36 Å². The predicted octanol–water partition coefficient (Wildman–Crippen LogP) is 0.569. The fraction of sp³-hybridized carbons (Fsp3) is 0.714. The molecule has 0 bridgehead atoms. The fourth-order valence-corrected chi connectivity index (χ4v) is 1.45. The summed E-state index contributed by atoms with van der Waals surface area (Å²) >= 11 is 1.41. The van der Waals surface area contributed by atoms with Gasteiger partial charge in [0, 0.05) is 25.1 Å². The maximum Gasteiger partial charge on any atom is 0.204 e. The van der Waals surface area contributed by atoms with Gasteiger partial charge < -0.3 is 10.6 Å². The van der Waals surface area contributed by atoms with Crippen molar-refractivity contribution in [2.75, 3.05) is 25.0 Å². The third-order valence-corrected chi connectivity index (χ3v) is 2.44. The van der Waals surface area contributed by atoms with Crippen molar-refractivity contribution < 1.29 is 0 Å². The van der Waals surface area contributed by atoms with Crippen LogP contribution in [0.4, 0.5) is 5.13 Å². The first-order valence-corrected chi connectivity index (χ1v) is 4.69. The van der Waals surface area contributed by atoms with Gasteiger partial charge in [-0.05, 0) is 12.5 Å². The standard InChI is InChI=1S/C7H14N4S/c1-6(3-8)4-11(2)7-9-5-10-12-7/h5-6H,3-4,8H2,1-2H3. The summed E-state index contributed by atoms with van der Waals surface area (Å²) in [5.74, 6) is 0.499. The van der Waals surface area contributed by atoms with Crippen molar-refractivity contribution in [2.24, 2.45) is 11.7 Å². The molecule has 0 aliphatic heterocycles. The molecule has 12 heavy (non-hydrogen) atoms. The molecule has 0 spiro atoms. The smallest absolute Gasteiger partial charge is 0.204 e. The maximum absolute atomic E-state index is 5.51. The summed E-state index contributed by atoms with van der Waals surface area (Å²) in [6.07, 6.45) is 1.57. The second-order valence-electron chi connectivity index (χ2n) is 2.95. The van der Waals surface area contributed by atoms with Crippen molar-refractivity contribution in [2.45, 2.75) is 6.92 Å². The van der Waals surface area contributed by atoms with Crippen LogP contribution in [0.5, 0.6) is 0 Å². The third-order valence-electron chi connectivity index (χ3n) is 1.66. The van der Waals surface area contributed by atoms with Gasteiger partial charge >= 0.3 is 0 Å². The zero-order valence-corrected chi connectivity index (χ0v) is 8.21. The van der Waals surface area contributed by atoms with E-state index in [0.717, 1.165) is 11.7 Å². The minimum Gasteiger partial charge on any atom is -0.350 e. The Labute approximate surface area is 76.6 Å². The van der Waals surface area contributed by atoms with Gasteiger partial charge in [0.1, 0.15) is 6.33 Å². The van der Waals surface area contributed by atoms with Crippen LogP contribution in [-0.2, 0) is 0 Å². The van der Waals surface area contributed by atoms with Crippen LogP contribution in [0.2, 0.25) is 0 Å². The molecule has 0 fully saturated rings. The second kappa shape index (κ2) is 4.37. The molecule has 0 amide bonds. The Kier molecular flexibility index (Phi) is 3.43. The van der Waals surface area contributed by atoms with Crippen LogP contribution in [0, 0.1) is 5.92 Å². The van der Waals surface area contributed by atoms with Gasteiger partial charge in [0.05, 0.1) is 0 Å². The van der Waals surface area contributed by atoms with Gasteiger partial charge in [-0.2, -0.15) is 4.37 Å². The van der Waals surface area contributed by atoms with E-state index >= 15 is 0 Å². The Morgan fingerprint density at radius 3 is 3.00 bits per heavy atom. The number of anilines is 1. The van der Waals surface area contributed by atoms with Gasteiger partial charge in [0.2, 0.25) is 5.13 Å². The van der Waals surface area contributed by atoms with Crippen molar-refractivity contribution in [3.63, 3.8) is 0 Å². The van der Waals surface area contributed by atoms with Crippen LogP contribution < -0.4 is 10.6 Å². The average molecular weight is 186 g/mol. The van der Waals surface area contributed by atoms with Crippen LogP contribution in [0.3, 0.4) is 0 Å². The highest BCUT2D eigenvalue weighted by Crippen LogP contribution is 2.13. The quantitative estimate of drug-likeness (QED) is 0.747. The molecule has 5 heteroatoms. The first kappa shape index (κ1) is 9.41. The molecule has 0 saturated carbocycles. The molecular formula is C7H14N4S. The summed E-state index contributed by atoms with van der Waals surface area (Å²) in [6.45, 7) is 3.77. The number of hydrogen-bond donors (Lipinski definition) is 1. The minimum absolute atomic E-state index is 0.499. The Hall–Kier alpha value is -0.680. The van der Waals surface area contributed by atoms with E-state index in [0.29, 0.717) is 12.5 Å². The Morgan fingerprint density at radius 2 is 2.50 bits per heavy atom. The Bertz CT molecular complexity index is 211. The number of rotatable bonds is 4. The van der Waals surface area contributed by atoms with E-state index in [2.05, 4.69) is 21.2 Å². The first-order chi connectivity index (χ1) is 5.74. The Balaban J connectivity index is 2.44. The van der Waals surface area contributed by atoms with E-state index < -0.39 is 0 Å². The highest BCUT2D eigenvalue weighted by atomic mass is 32.1. The fourth-order valence-electron chi connectivity index (χ4n) is 0.956. The summed E-state index contributed by atoms with van der Waals surface area (Å²) in [5, 5.41) is 0.954. The van der Waals surface area contributed by atoms with Crippen LogP contribution in [0.25, 0.3) is 0 Å². The maximum atomic E-state index is 5.51. The van der Waals surface area contributed by atoms with Gasteiger partial charge in [-0.3, -0.25) is 0 Å².